The zero-order chi connectivity index (χ0) is 36.5. The van der Waals surface area contributed by atoms with E-state index in [1.54, 1.807) is 0 Å². The van der Waals surface area contributed by atoms with Crippen LogP contribution in [0.4, 0.5) is 0 Å². The van der Waals surface area contributed by atoms with Crippen LogP contribution >= 0.6 is 0 Å². The molecule has 11 rings (SSSR count). The number of benzene rings is 7. The van der Waals surface area contributed by atoms with Crippen LogP contribution in [0, 0.1) is 0 Å². The van der Waals surface area contributed by atoms with Crippen molar-refractivity contribution in [2.75, 3.05) is 0 Å². The molecular weight excluding hydrogens is 669 g/mol. The topological polar surface area (TPSA) is 35.1 Å². The molecule has 0 atom stereocenters. The van der Waals surface area contributed by atoms with Gasteiger partial charge in [-0.05, 0) is 51.9 Å². The summed E-state index contributed by atoms with van der Waals surface area (Å²) in [6.45, 7) is 2.29. The van der Waals surface area contributed by atoms with E-state index in [1.807, 2.05) is 12.3 Å². The molecule has 4 nitrogen and oxygen atoms in total. The first kappa shape index (κ1) is 31.5. The van der Waals surface area contributed by atoms with Crippen LogP contribution in [-0.2, 0) is 0 Å². The lowest BCUT2D eigenvalue weighted by atomic mass is 9.91. The van der Waals surface area contributed by atoms with Crippen LogP contribution in [0.1, 0.15) is 30.9 Å². The maximum atomic E-state index is 5.43. The Hall–Kier alpha value is -7.04. The number of allylic oxidation sites excluding steroid dienone is 3. The Morgan fingerprint density at radius 2 is 1.05 bits per heavy atom. The number of nitrogens with zero attached hydrogens (tertiary/aromatic N) is 4. The van der Waals surface area contributed by atoms with Gasteiger partial charge in [-0.2, -0.15) is 0 Å². The highest BCUT2D eigenvalue weighted by Crippen LogP contribution is 2.50. The highest BCUT2D eigenvalue weighted by Gasteiger charge is 2.28. The summed E-state index contributed by atoms with van der Waals surface area (Å²) in [5.41, 5.74) is 10.7. The van der Waals surface area contributed by atoms with Crippen LogP contribution in [0.5, 0.6) is 0 Å². The SMILES string of the molecule is CCC1=C(c2ccccc2)C(n2c3c4ccccc4c4ccccc4c3c3c4ccn(-c5ccccn5)c4c4ccccc4c32)=CN=C(c2ccccc2)C1. The predicted molar refractivity (Wildman–Crippen MR) is 232 cm³/mol. The van der Waals surface area contributed by atoms with E-state index in [9.17, 15) is 0 Å². The molecule has 0 saturated carbocycles. The molecule has 1 aliphatic heterocycles. The number of aromatic nitrogens is 3. The van der Waals surface area contributed by atoms with Crippen molar-refractivity contribution in [3.8, 4) is 5.82 Å². The second-order valence-corrected chi connectivity index (χ2v) is 14.4. The lowest BCUT2D eigenvalue weighted by Gasteiger charge is -2.21. The van der Waals surface area contributed by atoms with E-state index in [-0.39, 0.29) is 0 Å². The van der Waals surface area contributed by atoms with Gasteiger partial charge in [-0.15, -0.1) is 0 Å². The smallest absolute Gasteiger partial charge is 0.137 e. The highest BCUT2D eigenvalue weighted by atomic mass is 15.1. The van der Waals surface area contributed by atoms with Gasteiger partial charge in [0.2, 0.25) is 0 Å². The van der Waals surface area contributed by atoms with Crippen molar-refractivity contribution in [3.63, 3.8) is 0 Å². The standard InChI is InChI=1S/C51H36N4/c1-2-33-31-43(34-17-5-3-6-18-34)53-32-44(46(33)35-19-7-4-8-20-35)55-50-39-24-12-10-22-37(39)36-21-9-11-23-38(36)47(50)48-42-28-30-54(45-27-15-16-29-52-45)49(42)40-25-13-14-26-41(40)51(48)55/h3-30,32H,2,31H2,1H3. The third-order valence-corrected chi connectivity index (χ3v) is 11.5. The second-order valence-electron chi connectivity index (χ2n) is 14.4. The molecule has 3 aromatic heterocycles. The van der Waals surface area contributed by atoms with Crippen LogP contribution in [-0.4, -0.2) is 19.8 Å². The molecule has 4 heteroatoms. The van der Waals surface area contributed by atoms with Crippen molar-refractivity contribution in [3.05, 3.63) is 193 Å². The molecule has 0 amide bonds. The van der Waals surface area contributed by atoms with Crippen LogP contribution in [0.3, 0.4) is 0 Å². The molecule has 0 bridgehead atoms. The monoisotopic (exact) mass is 704 g/mol. The van der Waals surface area contributed by atoms with Crippen molar-refractivity contribution >= 4 is 82.0 Å². The van der Waals surface area contributed by atoms with Gasteiger partial charge in [0.1, 0.15) is 5.82 Å². The first-order valence-corrected chi connectivity index (χ1v) is 19.1. The minimum Gasteiger partial charge on any atom is -0.306 e. The van der Waals surface area contributed by atoms with Gasteiger partial charge in [0, 0.05) is 56.7 Å². The second kappa shape index (κ2) is 12.5. The quantitative estimate of drug-likeness (QED) is 0.164. The molecule has 0 saturated heterocycles. The number of fused-ring (bicyclic) bond motifs is 13. The summed E-state index contributed by atoms with van der Waals surface area (Å²) in [7, 11) is 0. The summed E-state index contributed by atoms with van der Waals surface area (Å²) in [6, 6.07) is 56.8. The van der Waals surface area contributed by atoms with Crippen LogP contribution in [0.25, 0.3) is 82.1 Å². The zero-order valence-electron chi connectivity index (χ0n) is 30.4. The molecule has 0 radical (unpaired) electrons. The number of hydrogen-bond donors (Lipinski definition) is 0. The van der Waals surface area contributed by atoms with Crippen LogP contribution < -0.4 is 0 Å². The van der Waals surface area contributed by atoms with Crippen molar-refractivity contribution < 1.29 is 0 Å². The molecule has 4 heterocycles. The van der Waals surface area contributed by atoms with Crippen molar-refractivity contribution in [1.82, 2.24) is 14.1 Å². The summed E-state index contributed by atoms with van der Waals surface area (Å²) < 4.78 is 4.84. The maximum Gasteiger partial charge on any atom is 0.137 e. The average Bonchev–Trinajstić information content (AvgIpc) is 3.80. The van der Waals surface area contributed by atoms with Gasteiger partial charge in [-0.3, -0.25) is 4.99 Å². The summed E-state index contributed by atoms with van der Waals surface area (Å²) in [5, 5.41) is 11.0. The van der Waals surface area contributed by atoms with Crippen LogP contribution in [0.2, 0.25) is 0 Å². The third-order valence-electron chi connectivity index (χ3n) is 11.5. The first-order chi connectivity index (χ1) is 27.3. The molecule has 0 aliphatic carbocycles. The predicted octanol–water partition coefficient (Wildman–Crippen LogP) is 13.1. The summed E-state index contributed by atoms with van der Waals surface area (Å²) >= 11 is 0. The van der Waals surface area contributed by atoms with Gasteiger partial charge < -0.3 is 9.13 Å². The van der Waals surface area contributed by atoms with Gasteiger partial charge in [-0.1, -0.05) is 152 Å². The van der Waals surface area contributed by atoms with Crippen molar-refractivity contribution in [2.45, 2.75) is 19.8 Å². The summed E-state index contributed by atoms with van der Waals surface area (Å²) in [4.78, 5) is 10.2. The molecule has 10 aromatic rings. The van der Waals surface area contributed by atoms with Crippen molar-refractivity contribution in [2.24, 2.45) is 4.99 Å². The van der Waals surface area contributed by atoms with E-state index < -0.39 is 0 Å². The van der Waals surface area contributed by atoms with Gasteiger partial charge >= 0.3 is 0 Å². The Kier molecular flexibility index (Phi) is 7.17. The molecule has 7 aromatic carbocycles. The summed E-state index contributed by atoms with van der Waals surface area (Å²) in [5.74, 6) is 0.900. The molecule has 0 fully saturated rings. The van der Waals surface area contributed by atoms with Crippen LogP contribution in [0.15, 0.2) is 187 Å². The molecule has 55 heavy (non-hydrogen) atoms. The Bertz CT molecular complexity index is 3230. The lowest BCUT2D eigenvalue weighted by molar-refractivity contribution is 1.05. The fourth-order valence-electron chi connectivity index (χ4n) is 9.16. The molecular formula is C51H36N4. The fourth-order valence-corrected chi connectivity index (χ4v) is 9.16. The molecule has 1 aliphatic rings. The van der Waals surface area contributed by atoms with Gasteiger partial charge in [0.05, 0.1) is 34.2 Å². The van der Waals surface area contributed by atoms with E-state index in [2.05, 4.69) is 180 Å². The Labute approximate surface area is 318 Å². The zero-order valence-corrected chi connectivity index (χ0v) is 30.4. The Morgan fingerprint density at radius 1 is 0.509 bits per heavy atom. The van der Waals surface area contributed by atoms with Gasteiger partial charge in [-0.25, -0.2) is 4.98 Å². The maximum absolute atomic E-state index is 5.43. The fraction of sp³-hybridized carbons (Fsp3) is 0.0588. The van der Waals surface area contributed by atoms with E-state index >= 15 is 0 Å². The minimum absolute atomic E-state index is 0.767. The summed E-state index contributed by atoms with van der Waals surface area (Å²) in [6.07, 6.45) is 7.89. The average molecular weight is 705 g/mol. The number of hydrogen-bond acceptors (Lipinski definition) is 2. The third kappa shape index (κ3) is 4.71. The highest BCUT2D eigenvalue weighted by molar-refractivity contribution is 6.41. The molecule has 0 N–H and O–H groups in total. The first-order valence-electron chi connectivity index (χ1n) is 19.1. The molecule has 0 unspecified atom stereocenters. The van der Waals surface area contributed by atoms with E-state index in [0.29, 0.717) is 0 Å². The largest absolute Gasteiger partial charge is 0.306 e. The Balaban J connectivity index is 1.41. The number of aliphatic imine (C=N–C) groups is 1. The normalized spacial score (nSPS) is 13.7. The minimum atomic E-state index is 0.767. The Morgan fingerprint density at radius 3 is 1.71 bits per heavy atom. The van der Waals surface area contributed by atoms with Crippen molar-refractivity contribution in [1.29, 1.82) is 0 Å². The van der Waals surface area contributed by atoms with E-state index in [0.717, 1.165) is 41.1 Å². The molecule has 260 valence electrons. The lowest BCUT2D eigenvalue weighted by Crippen LogP contribution is -2.05. The van der Waals surface area contributed by atoms with Gasteiger partial charge in [0.25, 0.3) is 0 Å². The van der Waals surface area contributed by atoms with E-state index in [4.69, 9.17) is 9.98 Å². The van der Waals surface area contributed by atoms with Gasteiger partial charge in [0.15, 0.2) is 0 Å². The van der Waals surface area contributed by atoms with E-state index in [1.165, 1.54) is 76.2 Å². The number of rotatable bonds is 5. The number of pyridine rings is 1. The molecule has 0 spiro atoms.